The first-order valence-electron chi connectivity index (χ1n) is 5.78. The normalized spacial score (nSPS) is 10.4. The molecule has 0 fully saturated rings. The van der Waals surface area contributed by atoms with Crippen molar-refractivity contribution in [2.45, 2.75) is 13.5 Å². The Morgan fingerprint density at radius 1 is 1.17 bits per heavy atom. The van der Waals surface area contributed by atoms with Crippen LogP contribution in [-0.4, -0.2) is 7.05 Å². The first-order valence-corrected chi connectivity index (χ1v) is 6.58. The summed E-state index contributed by atoms with van der Waals surface area (Å²) in [5, 5.41) is 0. The van der Waals surface area contributed by atoms with Gasteiger partial charge in [-0.2, -0.15) is 0 Å². The van der Waals surface area contributed by atoms with Gasteiger partial charge in [-0.15, -0.1) is 0 Å². The van der Waals surface area contributed by atoms with E-state index in [1.165, 1.54) is 23.4 Å². The minimum Gasteiger partial charge on any atom is -0.370 e. The maximum absolute atomic E-state index is 13.0. The highest BCUT2D eigenvalue weighted by Crippen LogP contribution is 2.24. The van der Waals surface area contributed by atoms with E-state index in [9.17, 15) is 4.39 Å². The smallest absolute Gasteiger partial charge is 0.124 e. The zero-order valence-corrected chi connectivity index (χ0v) is 12.0. The minimum absolute atomic E-state index is 0.218. The first kappa shape index (κ1) is 13.1. The van der Waals surface area contributed by atoms with E-state index in [2.05, 4.69) is 39.9 Å². The van der Waals surface area contributed by atoms with E-state index in [0.717, 1.165) is 16.6 Å². The topological polar surface area (TPSA) is 3.24 Å². The van der Waals surface area contributed by atoms with Crippen LogP contribution in [0.15, 0.2) is 46.9 Å². The van der Waals surface area contributed by atoms with Crippen LogP contribution in [0.25, 0.3) is 0 Å². The molecule has 0 bridgehead atoms. The van der Waals surface area contributed by atoms with Crippen LogP contribution in [0.3, 0.4) is 0 Å². The van der Waals surface area contributed by atoms with Crippen LogP contribution in [0, 0.1) is 12.7 Å². The Bertz CT molecular complexity index is 554. The van der Waals surface area contributed by atoms with Gasteiger partial charge < -0.3 is 4.90 Å². The van der Waals surface area contributed by atoms with Crippen molar-refractivity contribution in [2.24, 2.45) is 0 Å². The second kappa shape index (κ2) is 5.53. The van der Waals surface area contributed by atoms with Crippen LogP contribution >= 0.6 is 15.9 Å². The number of anilines is 1. The van der Waals surface area contributed by atoms with Gasteiger partial charge in [0.05, 0.1) is 0 Å². The maximum atomic E-state index is 13.0. The maximum Gasteiger partial charge on any atom is 0.124 e. The quantitative estimate of drug-likeness (QED) is 0.805. The lowest BCUT2D eigenvalue weighted by atomic mass is 10.1. The molecule has 0 saturated carbocycles. The van der Waals surface area contributed by atoms with Crippen molar-refractivity contribution in [1.29, 1.82) is 0 Å². The summed E-state index contributed by atoms with van der Waals surface area (Å²) in [6.07, 6.45) is 0. The third-order valence-electron chi connectivity index (χ3n) is 2.95. The van der Waals surface area contributed by atoms with Crippen molar-refractivity contribution >= 4 is 21.6 Å². The van der Waals surface area contributed by atoms with E-state index in [0.29, 0.717) is 0 Å². The van der Waals surface area contributed by atoms with Gasteiger partial charge in [-0.05, 0) is 36.2 Å². The Hall–Kier alpha value is -1.35. The van der Waals surface area contributed by atoms with Gasteiger partial charge in [0.1, 0.15) is 5.82 Å². The van der Waals surface area contributed by atoms with Gasteiger partial charge in [0.15, 0.2) is 0 Å². The summed E-state index contributed by atoms with van der Waals surface area (Å²) < 4.78 is 13.8. The Morgan fingerprint density at radius 3 is 2.56 bits per heavy atom. The molecule has 3 heteroatoms. The summed E-state index contributed by atoms with van der Waals surface area (Å²) in [5.74, 6) is -0.218. The Kier molecular flexibility index (Phi) is 4.02. The average molecular weight is 308 g/mol. The number of benzene rings is 2. The van der Waals surface area contributed by atoms with Crippen molar-refractivity contribution in [1.82, 2.24) is 0 Å². The molecular weight excluding hydrogens is 293 g/mol. The fourth-order valence-electron chi connectivity index (χ4n) is 1.98. The molecule has 0 unspecified atom stereocenters. The molecular formula is C15H15BrFN. The lowest BCUT2D eigenvalue weighted by Crippen LogP contribution is -2.17. The molecule has 0 atom stereocenters. The molecule has 2 aromatic carbocycles. The molecule has 0 saturated heterocycles. The lowest BCUT2D eigenvalue weighted by molar-refractivity contribution is 0.625. The van der Waals surface area contributed by atoms with E-state index >= 15 is 0 Å². The molecule has 94 valence electrons. The van der Waals surface area contributed by atoms with Gasteiger partial charge in [-0.25, -0.2) is 4.39 Å². The predicted molar refractivity (Wildman–Crippen MR) is 77.4 cm³/mol. The number of aryl methyl sites for hydroxylation is 1. The Morgan fingerprint density at radius 2 is 1.89 bits per heavy atom. The first-order chi connectivity index (χ1) is 8.58. The largest absolute Gasteiger partial charge is 0.370 e. The Balaban J connectivity index is 2.21. The molecule has 0 radical (unpaired) electrons. The third kappa shape index (κ3) is 2.91. The number of para-hydroxylation sites is 1. The predicted octanol–water partition coefficient (Wildman–Crippen LogP) is 4.53. The highest BCUT2D eigenvalue weighted by atomic mass is 79.9. The molecule has 0 N–H and O–H groups in total. The molecule has 0 aliphatic carbocycles. The molecule has 2 rings (SSSR count). The monoisotopic (exact) mass is 307 g/mol. The number of nitrogens with zero attached hydrogens (tertiary/aromatic N) is 1. The molecule has 0 aromatic heterocycles. The van der Waals surface area contributed by atoms with E-state index in [1.807, 2.05) is 25.2 Å². The molecule has 0 amide bonds. The summed E-state index contributed by atoms with van der Waals surface area (Å²) in [5.41, 5.74) is 3.49. The summed E-state index contributed by atoms with van der Waals surface area (Å²) in [6, 6.07) is 13.0. The Labute approximate surface area is 115 Å². The van der Waals surface area contributed by atoms with Gasteiger partial charge in [0.2, 0.25) is 0 Å². The van der Waals surface area contributed by atoms with E-state index < -0.39 is 0 Å². The van der Waals surface area contributed by atoms with Gasteiger partial charge in [-0.1, -0.05) is 40.2 Å². The van der Waals surface area contributed by atoms with Gasteiger partial charge in [0, 0.05) is 23.8 Å². The highest BCUT2D eigenvalue weighted by molar-refractivity contribution is 9.10. The van der Waals surface area contributed by atoms with E-state index in [1.54, 1.807) is 0 Å². The third-order valence-corrected chi connectivity index (χ3v) is 3.69. The summed E-state index contributed by atoms with van der Waals surface area (Å²) in [7, 11) is 2.04. The average Bonchev–Trinajstić information content (AvgIpc) is 2.33. The number of hydrogen-bond donors (Lipinski definition) is 0. The van der Waals surface area contributed by atoms with Gasteiger partial charge >= 0.3 is 0 Å². The van der Waals surface area contributed by atoms with E-state index in [4.69, 9.17) is 0 Å². The van der Waals surface area contributed by atoms with Gasteiger partial charge in [-0.3, -0.25) is 0 Å². The molecule has 0 aliphatic rings. The van der Waals surface area contributed by atoms with Crippen LogP contribution in [0.2, 0.25) is 0 Å². The zero-order chi connectivity index (χ0) is 13.1. The molecule has 0 aliphatic heterocycles. The van der Waals surface area contributed by atoms with Crippen molar-refractivity contribution in [3.05, 3.63) is 63.9 Å². The van der Waals surface area contributed by atoms with Crippen LogP contribution in [-0.2, 0) is 6.54 Å². The fraction of sp³-hybridized carbons (Fsp3) is 0.200. The number of halogens is 2. The van der Waals surface area contributed by atoms with Crippen molar-refractivity contribution in [3.8, 4) is 0 Å². The molecule has 0 heterocycles. The van der Waals surface area contributed by atoms with Gasteiger partial charge in [0.25, 0.3) is 0 Å². The van der Waals surface area contributed by atoms with Crippen molar-refractivity contribution in [2.75, 3.05) is 11.9 Å². The molecule has 2 aromatic rings. The minimum atomic E-state index is -0.218. The van der Waals surface area contributed by atoms with E-state index in [-0.39, 0.29) is 5.82 Å². The zero-order valence-electron chi connectivity index (χ0n) is 10.5. The van der Waals surface area contributed by atoms with Crippen LogP contribution in [0.1, 0.15) is 11.1 Å². The molecule has 1 nitrogen and oxygen atoms in total. The van der Waals surface area contributed by atoms with Crippen LogP contribution < -0.4 is 4.90 Å². The summed E-state index contributed by atoms with van der Waals surface area (Å²) in [6.45, 7) is 2.83. The van der Waals surface area contributed by atoms with Crippen LogP contribution in [0.5, 0.6) is 0 Å². The number of hydrogen-bond acceptors (Lipinski definition) is 1. The van der Waals surface area contributed by atoms with Crippen molar-refractivity contribution in [3.63, 3.8) is 0 Å². The second-order valence-corrected chi connectivity index (χ2v) is 5.23. The molecule has 18 heavy (non-hydrogen) atoms. The fourth-order valence-corrected chi connectivity index (χ4v) is 2.46. The SMILES string of the molecule is Cc1ccccc1N(C)Cc1ccc(F)cc1Br. The highest BCUT2D eigenvalue weighted by Gasteiger charge is 2.07. The summed E-state index contributed by atoms with van der Waals surface area (Å²) in [4.78, 5) is 2.16. The van der Waals surface area contributed by atoms with Crippen LogP contribution in [0.4, 0.5) is 10.1 Å². The standard InChI is InChI=1S/C15H15BrFN/c1-11-5-3-4-6-15(11)18(2)10-12-7-8-13(17)9-14(12)16/h3-9H,10H2,1-2H3. The summed E-state index contributed by atoms with van der Waals surface area (Å²) >= 11 is 3.40. The second-order valence-electron chi connectivity index (χ2n) is 4.38. The van der Waals surface area contributed by atoms with Crippen molar-refractivity contribution < 1.29 is 4.39 Å². The molecule has 0 spiro atoms. The number of rotatable bonds is 3. The lowest BCUT2D eigenvalue weighted by Gasteiger charge is -2.22.